The molecule has 19 heavy (non-hydrogen) atoms. The molecule has 0 bridgehead atoms. The average Bonchev–Trinajstić information content (AvgIpc) is 2.46. The van der Waals surface area contributed by atoms with E-state index >= 15 is 0 Å². The minimum Gasteiger partial charge on any atom is -0.480 e. The third kappa shape index (κ3) is 2.65. The summed E-state index contributed by atoms with van der Waals surface area (Å²) in [4.78, 5) is 21.0. The van der Waals surface area contributed by atoms with Crippen LogP contribution in [0.3, 0.4) is 0 Å². The second kappa shape index (κ2) is 5.65. The SMILES string of the molecule is CCC1CCN(c2ncncc2C#N)C(C(=O)O)C1. The van der Waals surface area contributed by atoms with Gasteiger partial charge in [-0.3, -0.25) is 0 Å². The Morgan fingerprint density at radius 1 is 1.68 bits per heavy atom. The van der Waals surface area contributed by atoms with E-state index in [9.17, 15) is 9.90 Å². The summed E-state index contributed by atoms with van der Waals surface area (Å²) < 4.78 is 0. The van der Waals surface area contributed by atoms with Gasteiger partial charge in [0.2, 0.25) is 0 Å². The monoisotopic (exact) mass is 260 g/mol. The number of hydrogen-bond acceptors (Lipinski definition) is 5. The van der Waals surface area contributed by atoms with Gasteiger partial charge in [0.1, 0.15) is 24.0 Å². The summed E-state index contributed by atoms with van der Waals surface area (Å²) in [5.74, 6) is -0.00942. The molecule has 1 N–H and O–H groups in total. The fourth-order valence-corrected chi connectivity index (χ4v) is 2.53. The number of carboxylic acid groups (broad SMARTS) is 1. The zero-order valence-electron chi connectivity index (χ0n) is 10.8. The van der Waals surface area contributed by atoms with E-state index in [0.29, 0.717) is 30.3 Å². The molecule has 2 atom stereocenters. The maximum Gasteiger partial charge on any atom is 0.326 e. The minimum absolute atomic E-state index is 0.323. The van der Waals surface area contributed by atoms with E-state index in [1.54, 1.807) is 4.90 Å². The van der Waals surface area contributed by atoms with Crippen molar-refractivity contribution in [3.8, 4) is 6.07 Å². The number of piperidine rings is 1. The molecule has 0 saturated carbocycles. The van der Waals surface area contributed by atoms with Gasteiger partial charge in [-0.2, -0.15) is 5.26 Å². The maximum atomic E-state index is 11.4. The van der Waals surface area contributed by atoms with Gasteiger partial charge in [-0.05, 0) is 18.8 Å². The van der Waals surface area contributed by atoms with Crippen molar-refractivity contribution < 1.29 is 9.90 Å². The van der Waals surface area contributed by atoms with Crippen molar-refractivity contribution >= 4 is 11.8 Å². The van der Waals surface area contributed by atoms with E-state index in [4.69, 9.17) is 5.26 Å². The van der Waals surface area contributed by atoms with Crippen LogP contribution >= 0.6 is 0 Å². The summed E-state index contributed by atoms with van der Waals surface area (Å²) in [5.41, 5.74) is 0.323. The second-order valence-electron chi connectivity index (χ2n) is 4.72. The Labute approximate surface area is 111 Å². The van der Waals surface area contributed by atoms with Crippen LogP contribution in [0.5, 0.6) is 0 Å². The number of hydrogen-bond donors (Lipinski definition) is 1. The van der Waals surface area contributed by atoms with Crippen molar-refractivity contribution in [3.05, 3.63) is 18.1 Å². The highest BCUT2D eigenvalue weighted by molar-refractivity contribution is 5.78. The fraction of sp³-hybridized carbons (Fsp3) is 0.538. The average molecular weight is 260 g/mol. The van der Waals surface area contributed by atoms with Gasteiger partial charge in [-0.25, -0.2) is 14.8 Å². The van der Waals surface area contributed by atoms with Crippen molar-refractivity contribution in [2.75, 3.05) is 11.4 Å². The van der Waals surface area contributed by atoms with Gasteiger partial charge in [0.25, 0.3) is 0 Å². The first kappa shape index (κ1) is 13.3. The summed E-state index contributed by atoms with van der Waals surface area (Å²) in [6, 6.07) is 1.41. The van der Waals surface area contributed by atoms with Crippen molar-refractivity contribution in [1.29, 1.82) is 5.26 Å². The molecule has 0 radical (unpaired) electrons. The lowest BCUT2D eigenvalue weighted by Gasteiger charge is -2.37. The first-order valence-corrected chi connectivity index (χ1v) is 6.37. The van der Waals surface area contributed by atoms with Crippen LogP contribution in [-0.2, 0) is 4.79 Å². The molecule has 0 aliphatic carbocycles. The Hall–Kier alpha value is -2.16. The molecule has 1 aromatic heterocycles. The van der Waals surface area contributed by atoms with Crippen LogP contribution in [0.1, 0.15) is 31.7 Å². The first-order chi connectivity index (χ1) is 9.17. The van der Waals surface area contributed by atoms with Gasteiger partial charge in [0, 0.05) is 6.54 Å². The molecule has 6 nitrogen and oxygen atoms in total. The van der Waals surface area contributed by atoms with Crippen LogP contribution in [0.15, 0.2) is 12.5 Å². The van der Waals surface area contributed by atoms with Crippen LogP contribution in [0.25, 0.3) is 0 Å². The minimum atomic E-state index is -0.861. The van der Waals surface area contributed by atoms with Crippen LogP contribution in [-0.4, -0.2) is 33.6 Å². The van der Waals surface area contributed by atoms with Gasteiger partial charge in [0.05, 0.1) is 6.20 Å². The molecule has 6 heteroatoms. The standard InChI is InChI=1S/C13H16N4O2/c1-2-9-3-4-17(11(5-9)13(18)19)12-10(6-14)7-15-8-16-12/h7-9,11H,2-5H2,1H3,(H,18,19). The third-order valence-electron chi connectivity index (χ3n) is 3.66. The largest absolute Gasteiger partial charge is 0.480 e. The molecule has 2 heterocycles. The van der Waals surface area contributed by atoms with Gasteiger partial charge >= 0.3 is 5.97 Å². The topological polar surface area (TPSA) is 90.1 Å². The van der Waals surface area contributed by atoms with Gasteiger partial charge in [-0.15, -0.1) is 0 Å². The van der Waals surface area contributed by atoms with Gasteiger partial charge in [0.15, 0.2) is 5.82 Å². The van der Waals surface area contributed by atoms with Crippen LogP contribution in [0.4, 0.5) is 5.82 Å². The summed E-state index contributed by atoms with van der Waals surface area (Å²) in [7, 11) is 0. The van der Waals surface area contributed by atoms with E-state index in [1.807, 2.05) is 6.07 Å². The zero-order valence-corrected chi connectivity index (χ0v) is 10.8. The Morgan fingerprint density at radius 2 is 2.47 bits per heavy atom. The smallest absolute Gasteiger partial charge is 0.326 e. The number of nitrogens with zero attached hydrogens (tertiary/aromatic N) is 4. The van der Waals surface area contributed by atoms with Crippen molar-refractivity contribution in [1.82, 2.24) is 9.97 Å². The summed E-state index contributed by atoms with van der Waals surface area (Å²) in [6.45, 7) is 2.69. The highest BCUT2D eigenvalue weighted by Gasteiger charge is 2.34. The van der Waals surface area contributed by atoms with Crippen molar-refractivity contribution in [2.24, 2.45) is 5.92 Å². The molecule has 1 aliphatic heterocycles. The number of anilines is 1. The molecular weight excluding hydrogens is 244 g/mol. The molecule has 0 spiro atoms. The molecule has 1 aliphatic rings. The lowest BCUT2D eigenvalue weighted by molar-refractivity contribution is -0.139. The quantitative estimate of drug-likeness (QED) is 0.884. The van der Waals surface area contributed by atoms with Crippen molar-refractivity contribution in [3.63, 3.8) is 0 Å². The van der Waals surface area contributed by atoms with E-state index < -0.39 is 12.0 Å². The zero-order chi connectivity index (χ0) is 13.8. The normalized spacial score (nSPS) is 22.8. The molecule has 0 aromatic carbocycles. The maximum absolute atomic E-state index is 11.4. The lowest BCUT2D eigenvalue weighted by Crippen LogP contribution is -2.48. The molecule has 100 valence electrons. The van der Waals surface area contributed by atoms with E-state index in [2.05, 4.69) is 16.9 Å². The number of carbonyl (C=O) groups is 1. The molecule has 2 rings (SSSR count). The summed E-state index contributed by atoms with van der Waals surface area (Å²) >= 11 is 0. The highest BCUT2D eigenvalue weighted by Crippen LogP contribution is 2.30. The Kier molecular flexibility index (Phi) is 3.95. The molecule has 1 saturated heterocycles. The Morgan fingerprint density at radius 3 is 3.11 bits per heavy atom. The number of nitriles is 1. The number of rotatable bonds is 3. The van der Waals surface area contributed by atoms with Gasteiger partial charge < -0.3 is 10.0 Å². The summed E-state index contributed by atoms with van der Waals surface area (Å²) in [5, 5.41) is 18.4. The van der Waals surface area contributed by atoms with Crippen LogP contribution in [0.2, 0.25) is 0 Å². The molecule has 0 amide bonds. The Balaban J connectivity index is 2.32. The Bertz CT molecular complexity index is 512. The van der Waals surface area contributed by atoms with E-state index in [-0.39, 0.29) is 0 Å². The number of aliphatic carboxylic acids is 1. The molecule has 1 aromatic rings. The van der Waals surface area contributed by atoms with E-state index in [0.717, 1.165) is 12.8 Å². The summed E-state index contributed by atoms with van der Waals surface area (Å²) in [6.07, 6.45) is 5.27. The van der Waals surface area contributed by atoms with Crippen LogP contribution < -0.4 is 4.90 Å². The third-order valence-corrected chi connectivity index (χ3v) is 3.66. The predicted molar refractivity (Wildman–Crippen MR) is 68.5 cm³/mol. The number of carboxylic acids is 1. The molecular formula is C13H16N4O2. The predicted octanol–water partition coefficient (Wildman–Crippen LogP) is 1.43. The van der Waals surface area contributed by atoms with Crippen LogP contribution in [0, 0.1) is 17.2 Å². The highest BCUT2D eigenvalue weighted by atomic mass is 16.4. The molecule has 1 fully saturated rings. The van der Waals surface area contributed by atoms with E-state index in [1.165, 1.54) is 12.5 Å². The second-order valence-corrected chi connectivity index (χ2v) is 4.72. The van der Waals surface area contributed by atoms with Gasteiger partial charge in [-0.1, -0.05) is 13.3 Å². The fourth-order valence-electron chi connectivity index (χ4n) is 2.53. The molecule has 2 unspecified atom stereocenters. The first-order valence-electron chi connectivity index (χ1n) is 6.37. The van der Waals surface area contributed by atoms with Crippen molar-refractivity contribution in [2.45, 2.75) is 32.2 Å². The lowest BCUT2D eigenvalue weighted by atomic mass is 9.88. The number of aromatic nitrogens is 2.